The largest absolute Gasteiger partial charge is 0.465 e. The molecule has 0 saturated heterocycles. The van der Waals surface area contributed by atoms with Gasteiger partial charge in [0, 0.05) is 24.8 Å². The Bertz CT molecular complexity index is 406. The zero-order valence-corrected chi connectivity index (χ0v) is 7.30. The summed E-state index contributed by atoms with van der Waals surface area (Å²) in [6, 6.07) is 0. The summed E-state index contributed by atoms with van der Waals surface area (Å²) in [5, 5.41) is 0. The fraction of sp³-hybridized carbons (Fsp3) is 0.364. The van der Waals surface area contributed by atoms with Gasteiger partial charge in [0.05, 0.1) is 5.56 Å². The summed E-state index contributed by atoms with van der Waals surface area (Å²) >= 11 is 0. The van der Waals surface area contributed by atoms with Crippen LogP contribution in [0.3, 0.4) is 0 Å². The first-order valence-corrected chi connectivity index (χ1v) is 4.70. The summed E-state index contributed by atoms with van der Waals surface area (Å²) in [6.45, 7) is 0. The standard InChI is InChI=1S/C11H10O2/c12-8-5-6-10-11(8)7-3-1-2-4-9(7)13-10/h1,3H,2,4-6H2. The molecule has 2 nitrogen and oxygen atoms in total. The highest BCUT2D eigenvalue weighted by atomic mass is 16.3. The van der Waals surface area contributed by atoms with Crippen LogP contribution in [0, 0.1) is 0 Å². The first-order valence-electron chi connectivity index (χ1n) is 4.70. The van der Waals surface area contributed by atoms with Crippen LogP contribution in [0.5, 0.6) is 0 Å². The van der Waals surface area contributed by atoms with Crippen LogP contribution in [0.4, 0.5) is 0 Å². The minimum absolute atomic E-state index is 0.256. The van der Waals surface area contributed by atoms with E-state index in [0.29, 0.717) is 6.42 Å². The van der Waals surface area contributed by atoms with Crippen molar-refractivity contribution in [2.24, 2.45) is 0 Å². The number of allylic oxidation sites excluding steroid dienone is 1. The van der Waals surface area contributed by atoms with E-state index in [1.54, 1.807) is 0 Å². The molecule has 0 atom stereocenters. The fourth-order valence-electron chi connectivity index (χ4n) is 2.16. The van der Waals surface area contributed by atoms with Gasteiger partial charge in [0.2, 0.25) is 0 Å². The molecule has 1 heterocycles. The smallest absolute Gasteiger partial charge is 0.167 e. The van der Waals surface area contributed by atoms with Gasteiger partial charge < -0.3 is 4.42 Å². The van der Waals surface area contributed by atoms with Crippen LogP contribution in [0.1, 0.15) is 40.3 Å². The van der Waals surface area contributed by atoms with Crippen molar-refractivity contribution in [3.05, 3.63) is 28.7 Å². The Balaban J connectivity index is 2.27. The van der Waals surface area contributed by atoms with Crippen molar-refractivity contribution in [1.82, 2.24) is 0 Å². The highest BCUT2D eigenvalue weighted by molar-refractivity contribution is 6.03. The number of ketones is 1. The molecule has 0 aliphatic heterocycles. The molecule has 2 heteroatoms. The molecule has 2 aliphatic carbocycles. The van der Waals surface area contributed by atoms with Gasteiger partial charge in [-0.15, -0.1) is 0 Å². The van der Waals surface area contributed by atoms with Crippen LogP contribution < -0.4 is 0 Å². The molecule has 0 amide bonds. The molecule has 0 unspecified atom stereocenters. The third kappa shape index (κ3) is 0.857. The molecular weight excluding hydrogens is 164 g/mol. The van der Waals surface area contributed by atoms with E-state index in [1.165, 1.54) is 0 Å². The van der Waals surface area contributed by atoms with Crippen molar-refractivity contribution in [3.63, 3.8) is 0 Å². The molecule has 0 bridgehead atoms. The highest BCUT2D eigenvalue weighted by Gasteiger charge is 2.29. The third-order valence-electron chi connectivity index (χ3n) is 2.78. The molecule has 0 N–H and O–H groups in total. The predicted molar refractivity (Wildman–Crippen MR) is 48.7 cm³/mol. The Hall–Kier alpha value is -1.31. The summed E-state index contributed by atoms with van der Waals surface area (Å²) in [5.41, 5.74) is 1.93. The van der Waals surface area contributed by atoms with Gasteiger partial charge in [-0.1, -0.05) is 12.2 Å². The highest BCUT2D eigenvalue weighted by Crippen LogP contribution is 2.34. The van der Waals surface area contributed by atoms with Crippen LogP contribution >= 0.6 is 0 Å². The molecule has 3 rings (SSSR count). The Labute approximate surface area is 76.2 Å². The number of Topliss-reactive ketones (excluding diaryl/α,β-unsaturated/α-hetero) is 1. The van der Waals surface area contributed by atoms with Gasteiger partial charge in [-0.3, -0.25) is 4.79 Å². The molecule has 0 aromatic carbocycles. The van der Waals surface area contributed by atoms with E-state index in [-0.39, 0.29) is 5.78 Å². The van der Waals surface area contributed by atoms with E-state index >= 15 is 0 Å². The minimum atomic E-state index is 0.256. The quantitative estimate of drug-likeness (QED) is 0.604. The molecule has 66 valence electrons. The van der Waals surface area contributed by atoms with Gasteiger partial charge in [-0.25, -0.2) is 0 Å². The van der Waals surface area contributed by atoms with Crippen molar-refractivity contribution in [2.75, 3.05) is 0 Å². The SMILES string of the molecule is O=C1CCc2oc3c(c21)C=CCC3. The topological polar surface area (TPSA) is 30.2 Å². The minimum Gasteiger partial charge on any atom is -0.465 e. The molecule has 1 aromatic heterocycles. The molecule has 0 radical (unpaired) electrons. The number of fused-ring (bicyclic) bond motifs is 3. The Morgan fingerprint density at radius 1 is 1.15 bits per heavy atom. The van der Waals surface area contributed by atoms with E-state index in [0.717, 1.165) is 41.9 Å². The van der Waals surface area contributed by atoms with Crippen molar-refractivity contribution >= 4 is 11.9 Å². The van der Waals surface area contributed by atoms with E-state index in [9.17, 15) is 4.79 Å². The summed E-state index contributed by atoms with van der Waals surface area (Å²) in [7, 11) is 0. The van der Waals surface area contributed by atoms with Gasteiger partial charge in [0.15, 0.2) is 5.78 Å². The van der Waals surface area contributed by atoms with Gasteiger partial charge in [0.25, 0.3) is 0 Å². The van der Waals surface area contributed by atoms with Crippen LogP contribution in [0.25, 0.3) is 6.08 Å². The van der Waals surface area contributed by atoms with Gasteiger partial charge in [-0.2, -0.15) is 0 Å². The predicted octanol–water partition coefficient (Wildman–Crippen LogP) is 2.37. The lowest BCUT2D eigenvalue weighted by Crippen LogP contribution is -1.97. The van der Waals surface area contributed by atoms with Crippen LogP contribution in [-0.4, -0.2) is 5.78 Å². The van der Waals surface area contributed by atoms with Crippen molar-refractivity contribution < 1.29 is 9.21 Å². The first kappa shape index (κ1) is 7.13. The normalized spacial score (nSPS) is 18.9. The Morgan fingerprint density at radius 3 is 3.00 bits per heavy atom. The number of aryl methyl sites for hydroxylation is 2. The Kier molecular flexibility index (Phi) is 1.29. The molecular formula is C11H10O2. The molecule has 0 saturated carbocycles. The van der Waals surface area contributed by atoms with Crippen LogP contribution in [0.15, 0.2) is 10.5 Å². The van der Waals surface area contributed by atoms with E-state index in [1.807, 2.05) is 6.08 Å². The monoisotopic (exact) mass is 174 g/mol. The average Bonchev–Trinajstić information content (AvgIpc) is 2.66. The van der Waals surface area contributed by atoms with Gasteiger partial charge in [-0.05, 0) is 6.42 Å². The van der Waals surface area contributed by atoms with Crippen LogP contribution in [0.2, 0.25) is 0 Å². The second-order valence-electron chi connectivity index (χ2n) is 3.60. The molecule has 13 heavy (non-hydrogen) atoms. The van der Waals surface area contributed by atoms with Crippen LogP contribution in [-0.2, 0) is 12.8 Å². The maximum absolute atomic E-state index is 11.5. The number of hydrogen-bond donors (Lipinski definition) is 0. The second kappa shape index (κ2) is 2.34. The number of furan rings is 1. The summed E-state index contributed by atoms with van der Waals surface area (Å²) in [6.07, 6.45) is 7.57. The summed E-state index contributed by atoms with van der Waals surface area (Å²) in [4.78, 5) is 11.5. The summed E-state index contributed by atoms with van der Waals surface area (Å²) < 4.78 is 5.65. The van der Waals surface area contributed by atoms with Gasteiger partial charge >= 0.3 is 0 Å². The maximum atomic E-state index is 11.5. The lowest BCUT2D eigenvalue weighted by molar-refractivity contribution is 0.0994. The Morgan fingerprint density at radius 2 is 2.08 bits per heavy atom. The molecule has 0 spiro atoms. The third-order valence-corrected chi connectivity index (χ3v) is 2.78. The molecule has 0 fully saturated rings. The molecule has 2 aliphatic rings. The number of carbonyl (C=O) groups excluding carboxylic acids is 1. The van der Waals surface area contributed by atoms with E-state index in [2.05, 4.69) is 6.08 Å². The second-order valence-corrected chi connectivity index (χ2v) is 3.60. The zero-order chi connectivity index (χ0) is 8.84. The maximum Gasteiger partial charge on any atom is 0.167 e. The van der Waals surface area contributed by atoms with Crippen molar-refractivity contribution in [1.29, 1.82) is 0 Å². The van der Waals surface area contributed by atoms with E-state index < -0.39 is 0 Å². The van der Waals surface area contributed by atoms with Gasteiger partial charge in [0.1, 0.15) is 11.5 Å². The number of rotatable bonds is 0. The summed E-state index contributed by atoms with van der Waals surface area (Å²) in [5.74, 6) is 2.19. The van der Waals surface area contributed by atoms with E-state index in [4.69, 9.17) is 4.42 Å². The lowest BCUT2D eigenvalue weighted by Gasteiger charge is -2.03. The molecule has 1 aromatic rings. The lowest BCUT2D eigenvalue weighted by atomic mass is 10.0. The number of hydrogen-bond acceptors (Lipinski definition) is 2. The van der Waals surface area contributed by atoms with Crippen molar-refractivity contribution in [2.45, 2.75) is 25.7 Å². The number of carbonyl (C=O) groups is 1. The van der Waals surface area contributed by atoms with Crippen molar-refractivity contribution in [3.8, 4) is 0 Å². The average molecular weight is 174 g/mol. The first-order chi connectivity index (χ1) is 6.36. The fourth-order valence-corrected chi connectivity index (χ4v) is 2.16. The zero-order valence-electron chi connectivity index (χ0n) is 7.30.